The molecule has 2 aromatic rings. The number of hydrogen-bond donors (Lipinski definition) is 1. The highest BCUT2D eigenvalue weighted by molar-refractivity contribution is 7.92. The fraction of sp³-hybridized carbons (Fsp3) is 0.435. The molecule has 1 aliphatic rings. The van der Waals surface area contributed by atoms with Crippen LogP contribution >= 0.6 is 11.6 Å². The van der Waals surface area contributed by atoms with Gasteiger partial charge >= 0.3 is 0 Å². The van der Waals surface area contributed by atoms with Crippen molar-refractivity contribution in [3.63, 3.8) is 0 Å². The Balaban J connectivity index is 1.46. The van der Waals surface area contributed by atoms with Crippen molar-refractivity contribution in [2.45, 2.75) is 25.9 Å². The van der Waals surface area contributed by atoms with Crippen molar-refractivity contribution < 1.29 is 17.9 Å². The Morgan fingerprint density at radius 3 is 2.50 bits per heavy atom. The molecule has 1 aliphatic heterocycles. The second-order valence-corrected chi connectivity index (χ2v) is 10.2. The topological polar surface area (TPSA) is 79.0 Å². The van der Waals surface area contributed by atoms with Crippen LogP contribution in [0.5, 0.6) is 0 Å². The minimum Gasteiger partial charge on any atom is -0.379 e. The standard InChI is InChI=1S/C23H30ClN3O4S/c1-32(29,30)27(22-9-7-21(24)8-10-22)11-3-6-23(28)25-17-19-4-2-5-20(16-19)18-26-12-14-31-15-13-26/h2,4-5,7-10,16H,3,6,11-15,17-18H2,1H3,(H,25,28). The second-order valence-electron chi connectivity index (χ2n) is 7.90. The Hall–Kier alpha value is -2.13. The molecule has 3 rings (SSSR count). The molecule has 0 aliphatic carbocycles. The maximum atomic E-state index is 12.3. The zero-order chi connectivity index (χ0) is 23.0. The van der Waals surface area contributed by atoms with Gasteiger partial charge in [0.25, 0.3) is 0 Å². The number of anilines is 1. The van der Waals surface area contributed by atoms with E-state index in [2.05, 4.69) is 22.3 Å². The van der Waals surface area contributed by atoms with E-state index < -0.39 is 10.0 Å². The van der Waals surface area contributed by atoms with Gasteiger partial charge in [-0.2, -0.15) is 0 Å². The third-order valence-electron chi connectivity index (χ3n) is 5.27. The maximum absolute atomic E-state index is 12.3. The number of nitrogens with one attached hydrogen (secondary N) is 1. The zero-order valence-corrected chi connectivity index (χ0v) is 19.9. The molecule has 1 saturated heterocycles. The molecule has 1 heterocycles. The smallest absolute Gasteiger partial charge is 0.232 e. The van der Waals surface area contributed by atoms with E-state index in [0.29, 0.717) is 23.7 Å². The molecule has 0 aromatic heterocycles. The number of benzene rings is 2. The monoisotopic (exact) mass is 479 g/mol. The lowest BCUT2D eigenvalue weighted by Gasteiger charge is -2.26. The highest BCUT2D eigenvalue weighted by Gasteiger charge is 2.17. The lowest BCUT2D eigenvalue weighted by Crippen LogP contribution is -2.35. The van der Waals surface area contributed by atoms with Gasteiger partial charge in [-0.25, -0.2) is 8.42 Å². The number of hydrogen-bond acceptors (Lipinski definition) is 5. The summed E-state index contributed by atoms with van der Waals surface area (Å²) in [5.41, 5.74) is 2.79. The third kappa shape index (κ3) is 7.78. The van der Waals surface area contributed by atoms with Crippen LogP contribution < -0.4 is 9.62 Å². The van der Waals surface area contributed by atoms with Gasteiger partial charge in [-0.3, -0.25) is 14.0 Å². The molecule has 2 aromatic carbocycles. The van der Waals surface area contributed by atoms with Crippen molar-refractivity contribution >= 4 is 33.2 Å². The molecule has 7 nitrogen and oxygen atoms in total. The Morgan fingerprint density at radius 2 is 1.81 bits per heavy atom. The summed E-state index contributed by atoms with van der Waals surface area (Å²) in [6, 6.07) is 14.8. The van der Waals surface area contributed by atoms with E-state index in [9.17, 15) is 13.2 Å². The van der Waals surface area contributed by atoms with Crippen LogP contribution in [0.3, 0.4) is 0 Å². The third-order valence-corrected chi connectivity index (χ3v) is 6.72. The first-order chi connectivity index (χ1) is 15.3. The summed E-state index contributed by atoms with van der Waals surface area (Å²) in [6.45, 7) is 4.95. The van der Waals surface area contributed by atoms with Crippen LogP contribution in [0.2, 0.25) is 5.02 Å². The molecule has 0 bridgehead atoms. The molecule has 174 valence electrons. The number of sulfonamides is 1. The Labute approximate surface area is 195 Å². The highest BCUT2D eigenvalue weighted by Crippen LogP contribution is 2.21. The van der Waals surface area contributed by atoms with Gasteiger partial charge in [0.2, 0.25) is 15.9 Å². The van der Waals surface area contributed by atoms with Crippen LogP contribution in [0.25, 0.3) is 0 Å². The number of morpholine rings is 1. The first-order valence-corrected chi connectivity index (χ1v) is 12.9. The van der Waals surface area contributed by atoms with Crippen molar-refractivity contribution in [3.05, 3.63) is 64.7 Å². The summed E-state index contributed by atoms with van der Waals surface area (Å²) < 4.78 is 31.0. The minimum absolute atomic E-state index is 0.104. The summed E-state index contributed by atoms with van der Waals surface area (Å²) in [4.78, 5) is 14.7. The van der Waals surface area contributed by atoms with Crippen molar-refractivity contribution in [3.8, 4) is 0 Å². The van der Waals surface area contributed by atoms with Crippen molar-refractivity contribution in [1.29, 1.82) is 0 Å². The summed E-state index contributed by atoms with van der Waals surface area (Å²) in [7, 11) is -3.45. The van der Waals surface area contributed by atoms with Gasteiger partial charge in [-0.15, -0.1) is 0 Å². The molecule has 9 heteroatoms. The molecule has 1 amide bonds. The number of amides is 1. The lowest BCUT2D eigenvalue weighted by molar-refractivity contribution is -0.121. The van der Waals surface area contributed by atoms with Crippen LogP contribution in [0.1, 0.15) is 24.0 Å². The Morgan fingerprint density at radius 1 is 1.12 bits per heavy atom. The predicted molar refractivity (Wildman–Crippen MR) is 127 cm³/mol. The van der Waals surface area contributed by atoms with E-state index in [1.54, 1.807) is 24.3 Å². The molecule has 0 unspecified atom stereocenters. The summed E-state index contributed by atoms with van der Waals surface area (Å²) in [5, 5.41) is 3.47. The molecule has 1 N–H and O–H groups in total. The van der Waals surface area contributed by atoms with E-state index >= 15 is 0 Å². The first kappa shape index (κ1) is 24.5. The van der Waals surface area contributed by atoms with Gasteiger partial charge in [0.1, 0.15) is 0 Å². The number of carbonyl (C=O) groups excluding carboxylic acids is 1. The van der Waals surface area contributed by atoms with Crippen LogP contribution in [0.4, 0.5) is 5.69 Å². The first-order valence-electron chi connectivity index (χ1n) is 10.7. The van der Waals surface area contributed by atoms with E-state index in [0.717, 1.165) is 44.7 Å². The molecule has 1 fully saturated rings. The van der Waals surface area contributed by atoms with Crippen LogP contribution in [0, 0.1) is 0 Å². The molecule has 0 radical (unpaired) electrons. The van der Waals surface area contributed by atoms with Crippen LogP contribution in [-0.4, -0.2) is 58.3 Å². The van der Waals surface area contributed by atoms with Gasteiger partial charge in [0, 0.05) is 44.2 Å². The molecule has 32 heavy (non-hydrogen) atoms. The van der Waals surface area contributed by atoms with Crippen molar-refractivity contribution in [2.75, 3.05) is 43.4 Å². The largest absolute Gasteiger partial charge is 0.379 e. The zero-order valence-electron chi connectivity index (χ0n) is 18.3. The van der Waals surface area contributed by atoms with Gasteiger partial charge < -0.3 is 10.1 Å². The fourth-order valence-corrected chi connectivity index (χ4v) is 4.71. The molecule has 0 atom stereocenters. The molecular formula is C23H30ClN3O4S. The van der Waals surface area contributed by atoms with Gasteiger partial charge in [0.15, 0.2) is 0 Å². The Bertz CT molecular complexity index is 993. The SMILES string of the molecule is CS(=O)(=O)N(CCCC(=O)NCc1cccc(CN2CCOCC2)c1)c1ccc(Cl)cc1. The summed E-state index contributed by atoms with van der Waals surface area (Å²) in [6.07, 6.45) is 1.82. The fourth-order valence-electron chi connectivity index (χ4n) is 3.62. The van der Waals surface area contributed by atoms with Crippen LogP contribution in [0.15, 0.2) is 48.5 Å². The van der Waals surface area contributed by atoms with Gasteiger partial charge in [-0.05, 0) is 41.8 Å². The molecular weight excluding hydrogens is 450 g/mol. The molecule has 0 spiro atoms. The van der Waals surface area contributed by atoms with Gasteiger partial charge in [-0.1, -0.05) is 35.9 Å². The summed E-state index contributed by atoms with van der Waals surface area (Å²) >= 11 is 5.89. The Kier molecular flexibility index (Phi) is 8.92. The number of ether oxygens (including phenoxy) is 1. The minimum atomic E-state index is -3.45. The number of carbonyl (C=O) groups is 1. The van der Waals surface area contributed by atoms with Crippen LogP contribution in [-0.2, 0) is 32.6 Å². The number of rotatable bonds is 10. The quantitative estimate of drug-likeness (QED) is 0.566. The van der Waals surface area contributed by atoms with Gasteiger partial charge in [0.05, 0.1) is 25.2 Å². The van der Waals surface area contributed by atoms with E-state index in [1.807, 2.05) is 12.1 Å². The number of halogens is 1. The van der Waals surface area contributed by atoms with E-state index in [4.69, 9.17) is 16.3 Å². The van der Waals surface area contributed by atoms with Crippen molar-refractivity contribution in [2.24, 2.45) is 0 Å². The van der Waals surface area contributed by atoms with Crippen molar-refractivity contribution in [1.82, 2.24) is 10.2 Å². The average molecular weight is 480 g/mol. The normalized spacial score (nSPS) is 14.8. The van der Waals surface area contributed by atoms with E-state index in [-0.39, 0.29) is 18.9 Å². The second kappa shape index (κ2) is 11.7. The average Bonchev–Trinajstić information content (AvgIpc) is 2.76. The predicted octanol–water partition coefficient (Wildman–Crippen LogP) is 3.03. The van der Waals surface area contributed by atoms with E-state index in [1.165, 1.54) is 9.87 Å². The summed E-state index contributed by atoms with van der Waals surface area (Å²) in [5.74, 6) is -0.104. The lowest BCUT2D eigenvalue weighted by atomic mass is 10.1. The molecule has 0 saturated carbocycles. The highest BCUT2D eigenvalue weighted by atomic mass is 35.5. The number of nitrogens with zero attached hydrogens (tertiary/aromatic N) is 2. The maximum Gasteiger partial charge on any atom is 0.232 e.